The molecule has 1 aliphatic rings. The van der Waals surface area contributed by atoms with Gasteiger partial charge in [0.1, 0.15) is 12.0 Å². The molecule has 4 N–H and O–H groups in total. The zero-order valence-electron chi connectivity index (χ0n) is 17.7. The lowest BCUT2D eigenvalue weighted by Crippen LogP contribution is -2.26. The van der Waals surface area contributed by atoms with Gasteiger partial charge in [0.2, 0.25) is 5.91 Å². The van der Waals surface area contributed by atoms with Crippen LogP contribution in [0.2, 0.25) is 0 Å². The highest BCUT2D eigenvalue weighted by Crippen LogP contribution is 2.44. The molecule has 0 saturated carbocycles. The number of aliphatic hydroxyl groups excluding tert-OH is 1. The molecule has 2 heterocycles. The van der Waals surface area contributed by atoms with E-state index in [9.17, 15) is 23.1 Å². The van der Waals surface area contributed by atoms with Gasteiger partial charge in [0.25, 0.3) is 0 Å². The Hall–Kier alpha value is -3.69. The minimum Gasteiger partial charge on any atom is -0.374 e. The lowest BCUT2D eigenvalue weighted by Gasteiger charge is -2.17. The molecule has 1 atom stereocenters. The Bertz CT molecular complexity index is 1490. The van der Waals surface area contributed by atoms with Crippen LogP contribution >= 0.6 is 0 Å². The molecule has 1 aliphatic heterocycles. The number of carbonyl (C=O) groups is 1. The second kappa shape index (κ2) is 7.68. The fraction of sp³-hybridized carbons (Fsp3) is 0.160. The third-order valence-electron chi connectivity index (χ3n) is 6.24. The highest BCUT2D eigenvalue weighted by molar-refractivity contribution is 6.16. The van der Waals surface area contributed by atoms with Crippen LogP contribution in [0.1, 0.15) is 22.9 Å². The van der Waals surface area contributed by atoms with E-state index in [0.29, 0.717) is 35.0 Å². The van der Waals surface area contributed by atoms with Gasteiger partial charge in [0, 0.05) is 39.6 Å². The van der Waals surface area contributed by atoms with Crippen LogP contribution in [0, 0.1) is 5.82 Å². The summed E-state index contributed by atoms with van der Waals surface area (Å²) in [6, 6.07) is 9.40. The predicted molar refractivity (Wildman–Crippen MR) is 122 cm³/mol. The maximum atomic E-state index is 15.6. The Labute approximate surface area is 191 Å². The Morgan fingerprint density at radius 2 is 2.00 bits per heavy atom. The Balaban J connectivity index is 1.85. The van der Waals surface area contributed by atoms with Gasteiger partial charge in [0.15, 0.2) is 0 Å². The van der Waals surface area contributed by atoms with Crippen LogP contribution in [0.3, 0.4) is 0 Å². The Morgan fingerprint density at radius 1 is 1.24 bits per heavy atom. The molecule has 174 valence electrons. The second-order valence-corrected chi connectivity index (χ2v) is 8.15. The van der Waals surface area contributed by atoms with E-state index in [2.05, 4.69) is 11.6 Å². The average molecular weight is 469 g/mol. The Kier molecular flexibility index (Phi) is 5.00. The van der Waals surface area contributed by atoms with E-state index in [4.69, 9.17) is 5.73 Å². The van der Waals surface area contributed by atoms with Crippen LogP contribution in [-0.2, 0) is 17.4 Å². The van der Waals surface area contributed by atoms with Gasteiger partial charge in [0.05, 0.1) is 11.1 Å². The maximum absolute atomic E-state index is 15.6. The van der Waals surface area contributed by atoms with Crippen molar-refractivity contribution < 1.29 is 27.5 Å². The molecule has 0 aliphatic carbocycles. The quantitative estimate of drug-likeness (QED) is 0.220. The van der Waals surface area contributed by atoms with E-state index in [1.54, 1.807) is 23.1 Å². The molecule has 5 nitrogen and oxygen atoms in total. The van der Waals surface area contributed by atoms with Crippen molar-refractivity contribution in [3.8, 4) is 11.1 Å². The van der Waals surface area contributed by atoms with Crippen molar-refractivity contribution in [2.24, 2.45) is 5.73 Å². The molecule has 0 fully saturated rings. The first-order chi connectivity index (χ1) is 16.1. The summed E-state index contributed by atoms with van der Waals surface area (Å²) in [6.07, 6.45) is -4.44. The molecule has 1 aromatic heterocycles. The number of halogens is 4. The molecule has 0 bridgehead atoms. The summed E-state index contributed by atoms with van der Waals surface area (Å²) in [6.45, 7) is 3.91. The number of alkyl halides is 3. The topological polar surface area (TPSA) is 82.3 Å². The first-order valence-corrected chi connectivity index (χ1v) is 10.5. The lowest BCUT2D eigenvalue weighted by molar-refractivity contribution is -0.137. The van der Waals surface area contributed by atoms with Crippen LogP contribution in [0.4, 0.5) is 23.2 Å². The minimum absolute atomic E-state index is 0.0250. The standard InChI is InChI=1S/C25H19F4N3O2/c1-2-20(33)32-9-8-13-14(4-3-5-19(13)32)21-17(26)11-16(24(30)34)23-22(21)15-7-6-12(25(27,28)29)10-18(15)31-23/h2-7,10-11,24,31,34H,1,8-9,30H2. The van der Waals surface area contributed by atoms with Gasteiger partial charge >= 0.3 is 6.18 Å². The third-order valence-corrected chi connectivity index (χ3v) is 6.24. The first-order valence-electron chi connectivity index (χ1n) is 10.5. The van der Waals surface area contributed by atoms with Crippen LogP contribution in [-0.4, -0.2) is 22.5 Å². The number of aliphatic hydroxyl groups is 1. The first kappa shape index (κ1) is 22.1. The number of anilines is 1. The molecule has 9 heteroatoms. The smallest absolute Gasteiger partial charge is 0.374 e. The van der Waals surface area contributed by atoms with E-state index in [-0.39, 0.29) is 28.1 Å². The van der Waals surface area contributed by atoms with Crippen LogP contribution in [0.5, 0.6) is 0 Å². The number of nitrogens with one attached hydrogen (secondary N) is 1. The number of amides is 1. The van der Waals surface area contributed by atoms with E-state index < -0.39 is 23.8 Å². The molecular weight excluding hydrogens is 450 g/mol. The molecule has 0 saturated heterocycles. The fourth-order valence-corrected chi connectivity index (χ4v) is 4.75. The van der Waals surface area contributed by atoms with Gasteiger partial charge < -0.3 is 20.7 Å². The number of fused-ring (bicyclic) bond motifs is 4. The van der Waals surface area contributed by atoms with Gasteiger partial charge in [-0.25, -0.2) is 4.39 Å². The molecule has 1 unspecified atom stereocenters. The minimum atomic E-state index is -4.56. The number of nitrogens with two attached hydrogens (primary N) is 1. The summed E-state index contributed by atoms with van der Waals surface area (Å²) in [5, 5.41) is 10.7. The second-order valence-electron chi connectivity index (χ2n) is 8.15. The zero-order chi connectivity index (χ0) is 24.4. The van der Waals surface area contributed by atoms with Crippen molar-refractivity contribution >= 4 is 33.4 Å². The molecule has 3 aromatic carbocycles. The molecule has 1 amide bonds. The van der Waals surface area contributed by atoms with Crippen molar-refractivity contribution in [2.45, 2.75) is 18.8 Å². The van der Waals surface area contributed by atoms with E-state index in [0.717, 1.165) is 23.8 Å². The maximum Gasteiger partial charge on any atom is 0.416 e. The number of rotatable bonds is 3. The summed E-state index contributed by atoms with van der Waals surface area (Å²) >= 11 is 0. The molecule has 4 aromatic rings. The summed E-state index contributed by atoms with van der Waals surface area (Å²) < 4.78 is 55.5. The van der Waals surface area contributed by atoms with Crippen molar-refractivity contribution in [3.63, 3.8) is 0 Å². The van der Waals surface area contributed by atoms with E-state index in [1.807, 2.05) is 0 Å². The molecule has 5 rings (SSSR count). The summed E-state index contributed by atoms with van der Waals surface area (Å²) in [5.74, 6) is -0.968. The van der Waals surface area contributed by atoms with Crippen LogP contribution in [0.25, 0.3) is 32.9 Å². The van der Waals surface area contributed by atoms with Gasteiger partial charge in [-0.3, -0.25) is 4.79 Å². The molecular formula is C25H19F4N3O2. The Morgan fingerprint density at radius 3 is 2.68 bits per heavy atom. The number of aromatic nitrogens is 1. The van der Waals surface area contributed by atoms with Gasteiger partial charge in [-0.05, 0) is 47.9 Å². The van der Waals surface area contributed by atoms with Crippen LogP contribution in [0.15, 0.2) is 55.1 Å². The fourth-order valence-electron chi connectivity index (χ4n) is 4.75. The number of hydrogen-bond acceptors (Lipinski definition) is 3. The van der Waals surface area contributed by atoms with Gasteiger partial charge in [-0.2, -0.15) is 13.2 Å². The lowest BCUT2D eigenvalue weighted by atomic mass is 9.91. The predicted octanol–water partition coefficient (Wildman–Crippen LogP) is 5.17. The van der Waals surface area contributed by atoms with E-state index >= 15 is 4.39 Å². The number of benzene rings is 3. The van der Waals surface area contributed by atoms with Crippen LogP contribution < -0.4 is 10.6 Å². The van der Waals surface area contributed by atoms with Crippen molar-refractivity contribution in [1.82, 2.24) is 4.98 Å². The third kappa shape index (κ3) is 3.27. The van der Waals surface area contributed by atoms with Crippen molar-refractivity contribution in [1.29, 1.82) is 0 Å². The highest BCUT2D eigenvalue weighted by Gasteiger charge is 2.32. The highest BCUT2D eigenvalue weighted by atomic mass is 19.4. The van der Waals surface area contributed by atoms with Gasteiger partial charge in [-0.1, -0.05) is 24.8 Å². The number of nitrogens with zero attached hydrogens (tertiary/aromatic N) is 1. The number of hydrogen-bond donors (Lipinski definition) is 3. The van der Waals surface area contributed by atoms with Crippen molar-refractivity contribution in [2.75, 3.05) is 11.4 Å². The summed E-state index contributed by atoms with van der Waals surface area (Å²) in [7, 11) is 0. The number of carbonyl (C=O) groups excluding carboxylic acids is 1. The largest absolute Gasteiger partial charge is 0.416 e. The summed E-state index contributed by atoms with van der Waals surface area (Å²) in [4.78, 5) is 16.7. The SMILES string of the molecule is C=CC(=O)N1CCc2c(-c3c(F)cc(C(N)O)c4[nH]c5cc(C(F)(F)F)ccc5c34)cccc21. The van der Waals surface area contributed by atoms with Crippen molar-refractivity contribution in [3.05, 3.63) is 77.6 Å². The number of H-pyrrole nitrogens is 1. The number of aromatic amines is 1. The molecule has 0 spiro atoms. The molecule has 0 radical (unpaired) electrons. The normalized spacial score (nSPS) is 14.6. The van der Waals surface area contributed by atoms with E-state index in [1.165, 1.54) is 12.1 Å². The summed E-state index contributed by atoms with van der Waals surface area (Å²) in [5.41, 5.74) is 7.23. The van der Waals surface area contributed by atoms with Gasteiger partial charge in [-0.15, -0.1) is 0 Å². The zero-order valence-corrected chi connectivity index (χ0v) is 17.7. The average Bonchev–Trinajstić information content (AvgIpc) is 3.39. The molecule has 34 heavy (non-hydrogen) atoms. The monoisotopic (exact) mass is 469 g/mol.